The van der Waals surface area contributed by atoms with Gasteiger partial charge in [0.15, 0.2) is 5.75 Å². The summed E-state index contributed by atoms with van der Waals surface area (Å²) in [6.07, 6.45) is 0. The van der Waals surface area contributed by atoms with Crippen molar-refractivity contribution in [3.8, 4) is 5.75 Å². The Morgan fingerprint density at radius 1 is 1.38 bits per heavy atom. The predicted octanol–water partition coefficient (Wildman–Crippen LogP) is 1.94. The molecule has 3 heteroatoms. The summed E-state index contributed by atoms with van der Waals surface area (Å²) < 4.78 is 5.21. The second-order valence-corrected chi connectivity index (χ2v) is 3.86. The van der Waals surface area contributed by atoms with E-state index in [0.29, 0.717) is 5.69 Å². The number of fused-ring (bicyclic) bond motifs is 1. The number of benzene rings is 1. The van der Waals surface area contributed by atoms with Gasteiger partial charge < -0.3 is 15.8 Å². The van der Waals surface area contributed by atoms with Gasteiger partial charge in [0.05, 0.1) is 24.0 Å². The highest BCUT2D eigenvalue weighted by atomic mass is 16.5. The van der Waals surface area contributed by atoms with Crippen molar-refractivity contribution in [1.29, 1.82) is 0 Å². The van der Waals surface area contributed by atoms with Crippen LogP contribution in [-0.2, 0) is 5.54 Å². The molecule has 3 N–H and O–H groups in total. The van der Waals surface area contributed by atoms with Crippen LogP contribution >= 0.6 is 0 Å². The molecule has 0 spiro atoms. The van der Waals surface area contributed by atoms with E-state index in [1.807, 2.05) is 12.1 Å². The average Bonchev–Trinajstić information content (AvgIpc) is 2.03. The Labute approximate surface area is 77.9 Å². The topological polar surface area (TPSA) is 47.3 Å². The van der Waals surface area contributed by atoms with Crippen LogP contribution in [0.5, 0.6) is 5.75 Å². The first-order chi connectivity index (χ1) is 6.06. The van der Waals surface area contributed by atoms with Crippen LogP contribution in [0.4, 0.5) is 11.4 Å². The smallest absolute Gasteiger partial charge is 0.165 e. The van der Waals surface area contributed by atoms with Gasteiger partial charge in [-0.15, -0.1) is 0 Å². The summed E-state index contributed by atoms with van der Waals surface area (Å²) in [5.74, 6) is 0.761. The average molecular weight is 178 g/mol. The second-order valence-electron chi connectivity index (χ2n) is 3.86. The standard InChI is InChI=1S/C10H14N2O/c1-10(2)6-4-5-7(11)9(13-3)8(6)12-10/h4-5,12H,11H2,1-3H3. The van der Waals surface area contributed by atoms with E-state index in [-0.39, 0.29) is 5.54 Å². The van der Waals surface area contributed by atoms with E-state index in [9.17, 15) is 0 Å². The first-order valence-electron chi connectivity index (χ1n) is 4.31. The monoisotopic (exact) mass is 178 g/mol. The van der Waals surface area contributed by atoms with Crippen LogP contribution in [0.3, 0.4) is 0 Å². The van der Waals surface area contributed by atoms with Gasteiger partial charge in [0.25, 0.3) is 0 Å². The molecule has 0 atom stereocenters. The van der Waals surface area contributed by atoms with Gasteiger partial charge in [0.2, 0.25) is 0 Å². The second kappa shape index (κ2) is 2.31. The highest BCUT2D eigenvalue weighted by Gasteiger charge is 2.36. The molecule has 0 fully saturated rings. The normalized spacial score (nSPS) is 16.8. The minimum atomic E-state index is 0.0519. The molecule has 0 saturated carbocycles. The molecule has 3 nitrogen and oxygen atoms in total. The number of rotatable bonds is 1. The fourth-order valence-electron chi connectivity index (χ4n) is 1.78. The number of nitrogens with one attached hydrogen (secondary N) is 1. The third-order valence-electron chi connectivity index (χ3n) is 2.50. The van der Waals surface area contributed by atoms with E-state index < -0.39 is 0 Å². The number of anilines is 2. The van der Waals surface area contributed by atoms with E-state index in [4.69, 9.17) is 10.5 Å². The van der Waals surface area contributed by atoms with Crippen LogP contribution in [0.2, 0.25) is 0 Å². The quantitative estimate of drug-likeness (QED) is 0.646. The molecule has 13 heavy (non-hydrogen) atoms. The van der Waals surface area contributed by atoms with Gasteiger partial charge in [0, 0.05) is 5.56 Å². The van der Waals surface area contributed by atoms with Crippen molar-refractivity contribution in [2.75, 3.05) is 18.2 Å². The first-order valence-corrected chi connectivity index (χ1v) is 4.31. The number of ether oxygens (including phenoxy) is 1. The number of hydrogen-bond donors (Lipinski definition) is 2. The van der Waals surface area contributed by atoms with Crippen molar-refractivity contribution in [2.45, 2.75) is 19.4 Å². The fraction of sp³-hybridized carbons (Fsp3) is 0.400. The molecule has 0 bridgehead atoms. The molecule has 1 aliphatic rings. The lowest BCUT2D eigenvalue weighted by molar-refractivity contribution is 0.410. The zero-order chi connectivity index (χ0) is 9.64. The minimum absolute atomic E-state index is 0.0519. The summed E-state index contributed by atoms with van der Waals surface area (Å²) in [6.45, 7) is 4.26. The van der Waals surface area contributed by atoms with Crippen LogP contribution in [0.1, 0.15) is 19.4 Å². The molecule has 0 amide bonds. The maximum atomic E-state index is 5.76. The van der Waals surface area contributed by atoms with Crippen molar-refractivity contribution in [1.82, 2.24) is 0 Å². The molecule has 0 saturated heterocycles. The lowest BCUT2D eigenvalue weighted by atomic mass is 9.84. The Hall–Kier alpha value is -1.38. The molecule has 0 unspecified atom stereocenters. The first kappa shape index (κ1) is 8.23. The summed E-state index contributed by atoms with van der Waals surface area (Å²) in [4.78, 5) is 0. The van der Waals surface area contributed by atoms with Crippen molar-refractivity contribution in [3.63, 3.8) is 0 Å². The zero-order valence-corrected chi connectivity index (χ0v) is 8.14. The molecular formula is C10H14N2O. The minimum Gasteiger partial charge on any atom is -0.492 e. The molecule has 1 heterocycles. The van der Waals surface area contributed by atoms with Crippen LogP contribution in [0, 0.1) is 0 Å². The van der Waals surface area contributed by atoms with E-state index in [0.717, 1.165) is 11.4 Å². The number of methoxy groups -OCH3 is 1. The van der Waals surface area contributed by atoms with E-state index in [1.165, 1.54) is 5.56 Å². The van der Waals surface area contributed by atoms with Crippen LogP contribution in [0.25, 0.3) is 0 Å². The Morgan fingerprint density at radius 2 is 2.08 bits per heavy atom. The zero-order valence-electron chi connectivity index (χ0n) is 8.14. The summed E-state index contributed by atoms with van der Waals surface area (Å²) in [5.41, 5.74) is 8.79. The lowest BCUT2D eigenvalue weighted by Gasteiger charge is -2.41. The van der Waals surface area contributed by atoms with Gasteiger partial charge >= 0.3 is 0 Å². The fourth-order valence-corrected chi connectivity index (χ4v) is 1.78. The van der Waals surface area contributed by atoms with Gasteiger partial charge in [-0.2, -0.15) is 0 Å². The summed E-state index contributed by atoms with van der Waals surface area (Å²) in [6, 6.07) is 3.93. The van der Waals surface area contributed by atoms with Crippen molar-refractivity contribution < 1.29 is 4.74 Å². The Balaban J connectivity index is 2.56. The van der Waals surface area contributed by atoms with E-state index >= 15 is 0 Å². The van der Waals surface area contributed by atoms with Crippen LogP contribution in [0.15, 0.2) is 12.1 Å². The number of nitrogen functional groups attached to an aromatic ring is 1. The summed E-state index contributed by atoms with van der Waals surface area (Å²) >= 11 is 0. The van der Waals surface area contributed by atoms with Gasteiger partial charge in [-0.3, -0.25) is 0 Å². The molecule has 1 aromatic rings. The summed E-state index contributed by atoms with van der Waals surface area (Å²) in [5, 5.41) is 3.32. The van der Waals surface area contributed by atoms with Crippen LogP contribution in [-0.4, -0.2) is 7.11 Å². The van der Waals surface area contributed by atoms with Crippen molar-refractivity contribution >= 4 is 11.4 Å². The molecule has 70 valence electrons. The highest BCUT2D eigenvalue weighted by molar-refractivity contribution is 5.80. The Kier molecular flexibility index (Phi) is 1.46. The molecule has 2 rings (SSSR count). The van der Waals surface area contributed by atoms with Gasteiger partial charge in [-0.25, -0.2) is 0 Å². The third kappa shape index (κ3) is 0.963. The molecule has 0 aliphatic carbocycles. The number of hydrogen-bond acceptors (Lipinski definition) is 3. The summed E-state index contributed by atoms with van der Waals surface area (Å²) in [7, 11) is 1.64. The van der Waals surface area contributed by atoms with Crippen molar-refractivity contribution in [2.24, 2.45) is 0 Å². The third-order valence-corrected chi connectivity index (χ3v) is 2.50. The highest BCUT2D eigenvalue weighted by Crippen LogP contribution is 2.48. The molecule has 0 aromatic heterocycles. The molecular weight excluding hydrogens is 164 g/mol. The Morgan fingerprint density at radius 3 is 2.62 bits per heavy atom. The van der Waals surface area contributed by atoms with Gasteiger partial charge in [-0.05, 0) is 19.9 Å². The molecule has 0 radical (unpaired) electrons. The molecule has 1 aliphatic heterocycles. The van der Waals surface area contributed by atoms with Gasteiger partial charge in [-0.1, -0.05) is 6.07 Å². The maximum Gasteiger partial charge on any atom is 0.165 e. The van der Waals surface area contributed by atoms with E-state index in [2.05, 4.69) is 19.2 Å². The lowest BCUT2D eigenvalue weighted by Crippen LogP contribution is -2.38. The van der Waals surface area contributed by atoms with E-state index in [1.54, 1.807) is 7.11 Å². The van der Waals surface area contributed by atoms with Gasteiger partial charge in [0.1, 0.15) is 0 Å². The predicted molar refractivity (Wildman–Crippen MR) is 54.1 cm³/mol. The van der Waals surface area contributed by atoms with Crippen molar-refractivity contribution in [3.05, 3.63) is 17.7 Å². The van der Waals surface area contributed by atoms with Crippen LogP contribution < -0.4 is 15.8 Å². The largest absolute Gasteiger partial charge is 0.492 e. The SMILES string of the molecule is COc1c(N)ccc2c1NC2(C)C. The Bertz CT molecular complexity index is 358. The maximum absolute atomic E-state index is 5.76. The number of nitrogens with two attached hydrogens (primary N) is 1. The molecule has 1 aromatic carbocycles.